The lowest BCUT2D eigenvalue weighted by molar-refractivity contribution is 0.544. The molecule has 3 heteroatoms. The van der Waals surface area contributed by atoms with Gasteiger partial charge in [-0.15, -0.1) is 0 Å². The molecule has 0 radical (unpaired) electrons. The van der Waals surface area contributed by atoms with Crippen molar-refractivity contribution in [1.29, 1.82) is 0 Å². The van der Waals surface area contributed by atoms with Crippen LogP contribution in [0.15, 0.2) is 10.8 Å². The van der Waals surface area contributed by atoms with E-state index in [9.17, 15) is 0 Å². The lowest BCUT2D eigenvalue weighted by Crippen LogP contribution is -2.26. The number of rotatable bonds is 4. The molecule has 1 N–H and O–H groups in total. The van der Waals surface area contributed by atoms with Gasteiger partial charge in [0.2, 0.25) is 0 Å². The van der Waals surface area contributed by atoms with Crippen LogP contribution in [0.4, 0.5) is 0 Å². The van der Waals surface area contributed by atoms with Gasteiger partial charge in [-0.05, 0) is 30.8 Å². The van der Waals surface area contributed by atoms with Crippen LogP contribution in [0.3, 0.4) is 0 Å². The third kappa shape index (κ3) is 2.47. The molecule has 1 nitrogen and oxygen atoms in total. The summed E-state index contributed by atoms with van der Waals surface area (Å²) in [5.41, 5.74) is 1.27. The minimum Gasteiger partial charge on any atom is -0.317 e. The van der Waals surface area contributed by atoms with Crippen molar-refractivity contribution in [2.45, 2.75) is 25.8 Å². The molecular formula is C9H14ClNS. The molecule has 0 aliphatic rings. The fourth-order valence-corrected chi connectivity index (χ4v) is 2.25. The first kappa shape index (κ1) is 10.0. The minimum absolute atomic E-state index is 0.553. The molecule has 0 saturated carbocycles. The van der Waals surface area contributed by atoms with Crippen molar-refractivity contribution in [3.05, 3.63) is 21.3 Å². The highest BCUT2D eigenvalue weighted by molar-refractivity contribution is 7.08. The van der Waals surface area contributed by atoms with E-state index in [4.69, 9.17) is 11.6 Å². The van der Waals surface area contributed by atoms with Gasteiger partial charge in [-0.1, -0.05) is 18.5 Å². The first-order chi connectivity index (χ1) is 5.77. The van der Waals surface area contributed by atoms with E-state index in [-0.39, 0.29) is 0 Å². The van der Waals surface area contributed by atoms with Gasteiger partial charge < -0.3 is 5.32 Å². The Morgan fingerprint density at radius 3 is 2.75 bits per heavy atom. The lowest BCUT2D eigenvalue weighted by atomic mass is 10.1. The molecule has 1 atom stereocenters. The summed E-state index contributed by atoms with van der Waals surface area (Å²) in [5.74, 6) is 0. The number of halogens is 1. The van der Waals surface area contributed by atoms with Crippen LogP contribution < -0.4 is 5.32 Å². The number of thiophene rings is 1. The number of nitrogens with one attached hydrogen (secondary N) is 1. The van der Waals surface area contributed by atoms with Gasteiger partial charge in [0, 0.05) is 11.4 Å². The molecule has 0 saturated heterocycles. The second-order valence-electron chi connectivity index (χ2n) is 2.84. The summed E-state index contributed by atoms with van der Waals surface area (Å²) in [4.78, 5) is 0. The average Bonchev–Trinajstić information content (AvgIpc) is 2.47. The normalized spacial score (nSPS) is 13.2. The highest BCUT2D eigenvalue weighted by Gasteiger charge is 2.07. The third-order valence-corrected chi connectivity index (χ3v) is 3.33. The van der Waals surface area contributed by atoms with Gasteiger partial charge in [0.1, 0.15) is 0 Å². The van der Waals surface area contributed by atoms with Crippen molar-refractivity contribution in [2.24, 2.45) is 0 Å². The largest absolute Gasteiger partial charge is 0.317 e. The predicted molar refractivity (Wildman–Crippen MR) is 56.2 cm³/mol. The van der Waals surface area contributed by atoms with Gasteiger partial charge in [0.25, 0.3) is 0 Å². The Bertz CT molecular complexity index is 230. The van der Waals surface area contributed by atoms with Gasteiger partial charge in [-0.3, -0.25) is 0 Å². The summed E-state index contributed by atoms with van der Waals surface area (Å²) < 4.78 is 0. The van der Waals surface area contributed by atoms with E-state index in [1.807, 2.05) is 12.4 Å². The van der Waals surface area contributed by atoms with E-state index in [1.54, 1.807) is 11.3 Å². The van der Waals surface area contributed by atoms with E-state index in [1.165, 1.54) is 5.56 Å². The molecule has 12 heavy (non-hydrogen) atoms. The fraction of sp³-hybridized carbons (Fsp3) is 0.556. The highest BCUT2D eigenvalue weighted by atomic mass is 35.5. The first-order valence-electron chi connectivity index (χ1n) is 4.15. The van der Waals surface area contributed by atoms with Crippen molar-refractivity contribution >= 4 is 22.9 Å². The molecule has 0 aromatic carbocycles. The maximum absolute atomic E-state index is 5.98. The Labute approximate surface area is 82.7 Å². The highest BCUT2D eigenvalue weighted by Crippen LogP contribution is 2.22. The van der Waals surface area contributed by atoms with Crippen molar-refractivity contribution < 1.29 is 0 Å². The van der Waals surface area contributed by atoms with Crippen molar-refractivity contribution in [2.75, 3.05) is 7.05 Å². The molecule has 1 aromatic heterocycles. The summed E-state index contributed by atoms with van der Waals surface area (Å²) in [7, 11) is 1.99. The summed E-state index contributed by atoms with van der Waals surface area (Å²) in [6.45, 7) is 2.18. The van der Waals surface area contributed by atoms with Crippen molar-refractivity contribution in [1.82, 2.24) is 5.32 Å². The van der Waals surface area contributed by atoms with E-state index in [0.717, 1.165) is 17.9 Å². The lowest BCUT2D eigenvalue weighted by Gasteiger charge is -2.12. The molecule has 0 bridgehead atoms. The summed E-state index contributed by atoms with van der Waals surface area (Å²) >= 11 is 7.65. The molecule has 0 fully saturated rings. The molecule has 0 unspecified atom stereocenters. The third-order valence-electron chi connectivity index (χ3n) is 2.06. The van der Waals surface area contributed by atoms with Crippen LogP contribution in [-0.4, -0.2) is 13.1 Å². The van der Waals surface area contributed by atoms with Crippen LogP contribution >= 0.6 is 22.9 Å². The maximum atomic E-state index is 5.98. The number of hydrogen-bond donors (Lipinski definition) is 1. The van der Waals surface area contributed by atoms with E-state index < -0.39 is 0 Å². The quantitative estimate of drug-likeness (QED) is 0.794. The average molecular weight is 204 g/mol. The smallest absolute Gasteiger partial charge is 0.0545 e. The predicted octanol–water partition coefficient (Wildman–Crippen LogP) is 2.94. The number of likely N-dealkylation sites (N-methyl/N-ethyl adjacent to an activating group) is 1. The van der Waals surface area contributed by atoms with Gasteiger partial charge in [-0.2, -0.15) is 11.3 Å². The standard InChI is InChI=1S/C9H14ClNS/c1-3-8(11-2)4-7-5-12-6-9(7)10/h5-6,8,11H,3-4H2,1-2H3/t8-/m1/s1. The van der Waals surface area contributed by atoms with Gasteiger partial charge in [0.05, 0.1) is 5.02 Å². The fourth-order valence-electron chi connectivity index (χ4n) is 1.17. The zero-order valence-corrected chi connectivity index (χ0v) is 9.00. The van der Waals surface area contributed by atoms with Gasteiger partial charge in [-0.25, -0.2) is 0 Å². The summed E-state index contributed by atoms with van der Waals surface area (Å²) in [6.07, 6.45) is 2.18. The second-order valence-corrected chi connectivity index (χ2v) is 3.99. The van der Waals surface area contributed by atoms with Crippen molar-refractivity contribution in [3.8, 4) is 0 Å². The molecule has 0 aliphatic carbocycles. The van der Waals surface area contributed by atoms with Crippen LogP contribution in [-0.2, 0) is 6.42 Å². The van der Waals surface area contributed by atoms with Gasteiger partial charge >= 0.3 is 0 Å². The Morgan fingerprint density at radius 2 is 2.33 bits per heavy atom. The summed E-state index contributed by atoms with van der Waals surface area (Å²) in [5, 5.41) is 8.29. The van der Waals surface area contributed by atoms with Gasteiger partial charge in [0.15, 0.2) is 0 Å². The van der Waals surface area contributed by atoms with E-state index in [0.29, 0.717) is 6.04 Å². The summed E-state index contributed by atoms with van der Waals surface area (Å²) in [6, 6.07) is 0.553. The SMILES string of the molecule is CC[C@H](Cc1cscc1Cl)NC. The topological polar surface area (TPSA) is 12.0 Å². The van der Waals surface area contributed by atoms with Crippen LogP contribution in [0.5, 0.6) is 0 Å². The molecule has 0 spiro atoms. The molecule has 1 aromatic rings. The monoisotopic (exact) mass is 203 g/mol. The van der Waals surface area contributed by atoms with E-state index in [2.05, 4.69) is 17.6 Å². The second kappa shape index (κ2) is 4.85. The van der Waals surface area contributed by atoms with Crippen LogP contribution in [0, 0.1) is 0 Å². The Kier molecular flexibility index (Phi) is 4.06. The molecule has 0 amide bonds. The molecule has 0 aliphatic heterocycles. The van der Waals surface area contributed by atoms with Crippen LogP contribution in [0.1, 0.15) is 18.9 Å². The minimum atomic E-state index is 0.553. The maximum Gasteiger partial charge on any atom is 0.0545 e. The van der Waals surface area contributed by atoms with Crippen LogP contribution in [0.25, 0.3) is 0 Å². The Balaban J connectivity index is 2.56. The molecule has 1 rings (SSSR count). The van der Waals surface area contributed by atoms with E-state index >= 15 is 0 Å². The molecule has 68 valence electrons. The zero-order valence-electron chi connectivity index (χ0n) is 7.43. The molecule has 1 heterocycles. The Morgan fingerprint density at radius 1 is 1.58 bits per heavy atom. The zero-order chi connectivity index (χ0) is 8.97. The number of hydrogen-bond acceptors (Lipinski definition) is 2. The first-order valence-corrected chi connectivity index (χ1v) is 5.47. The molecular weight excluding hydrogens is 190 g/mol. The van der Waals surface area contributed by atoms with Crippen LogP contribution in [0.2, 0.25) is 5.02 Å². The van der Waals surface area contributed by atoms with Crippen molar-refractivity contribution in [3.63, 3.8) is 0 Å². The Hall–Kier alpha value is -0.0500.